The van der Waals surface area contributed by atoms with Crippen LogP contribution in [0.3, 0.4) is 0 Å². The van der Waals surface area contributed by atoms with Crippen molar-refractivity contribution in [3.63, 3.8) is 0 Å². The lowest BCUT2D eigenvalue weighted by Gasteiger charge is -2.09. The molecular weight excluding hydrogens is 392 g/mol. The largest absolute Gasteiger partial charge is 0.497 e. The molecule has 0 aliphatic heterocycles. The van der Waals surface area contributed by atoms with Crippen LogP contribution in [0.15, 0.2) is 66.7 Å². The summed E-state index contributed by atoms with van der Waals surface area (Å²) >= 11 is 7.48. The van der Waals surface area contributed by atoms with Gasteiger partial charge in [-0.2, -0.15) is 0 Å². The molecule has 0 fully saturated rings. The zero-order valence-electron chi connectivity index (χ0n) is 15.4. The normalized spacial score (nSPS) is 10.8. The summed E-state index contributed by atoms with van der Waals surface area (Å²) in [7, 11) is 3.05. The Morgan fingerprint density at radius 1 is 0.857 bits per heavy atom. The zero-order valence-corrected chi connectivity index (χ0v) is 16.9. The van der Waals surface area contributed by atoms with Gasteiger partial charge in [-0.15, -0.1) is 11.3 Å². The molecule has 0 aliphatic carbocycles. The van der Waals surface area contributed by atoms with Crippen molar-refractivity contribution in [2.45, 2.75) is 0 Å². The number of hydrogen-bond donors (Lipinski definition) is 0. The maximum atomic E-state index is 12.2. The van der Waals surface area contributed by atoms with Gasteiger partial charge in [-0.05, 0) is 52.6 Å². The predicted molar refractivity (Wildman–Crippen MR) is 116 cm³/mol. The summed E-state index contributed by atoms with van der Waals surface area (Å²) in [6.45, 7) is 0. The number of methoxy groups -OCH3 is 2. The molecule has 0 spiro atoms. The van der Waals surface area contributed by atoms with Crippen molar-refractivity contribution in [2.24, 2.45) is 0 Å². The van der Waals surface area contributed by atoms with Crippen LogP contribution in [0.5, 0.6) is 5.75 Å². The Morgan fingerprint density at radius 3 is 2.11 bits per heavy atom. The van der Waals surface area contributed by atoms with Crippen molar-refractivity contribution in [3.8, 4) is 28.0 Å². The number of benzene rings is 3. The molecule has 0 N–H and O–H groups in total. The minimum atomic E-state index is -0.330. The quantitative estimate of drug-likeness (QED) is 0.353. The van der Waals surface area contributed by atoms with Crippen LogP contribution in [0.2, 0.25) is 5.02 Å². The van der Waals surface area contributed by atoms with Gasteiger partial charge in [0.15, 0.2) is 0 Å². The summed E-state index contributed by atoms with van der Waals surface area (Å²) in [4.78, 5) is 12.7. The number of carbonyl (C=O) groups is 1. The standard InChI is InChI=1S/C23H17ClO3S/c1-26-17-9-5-14(6-10-17)18-11-12-19(15-3-7-16(24)8-4-15)22-20(18)13-21(28-22)23(25)27-2/h3-13H,1-2H3. The zero-order chi connectivity index (χ0) is 19.7. The highest BCUT2D eigenvalue weighted by molar-refractivity contribution is 7.21. The summed E-state index contributed by atoms with van der Waals surface area (Å²) in [6, 6.07) is 21.7. The number of hydrogen-bond acceptors (Lipinski definition) is 4. The summed E-state index contributed by atoms with van der Waals surface area (Å²) < 4.78 is 11.2. The van der Waals surface area contributed by atoms with Crippen molar-refractivity contribution in [2.75, 3.05) is 14.2 Å². The third-order valence-electron chi connectivity index (χ3n) is 4.63. The first-order valence-corrected chi connectivity index (χ1v) is 9.85. The molecule has 140 valence electrons. The van der Waals surface area contributed by atoms with Crippen LogP contribution in [-0.4, -0.2) is 20.2 Å². The summed E-state index contributed by atoms with van der Waals surface area (Å²) in [5, 5.41) is 1.71. The number of esters is 1. The predicted octanol–water partition coefficient (Wildman–Crippen LogP) is 6.68. The first-order chi connectivity index (χ1) is 13.6. The molecule has 0 saturated heterocycles. The van der Waals surface area contributed by atoms with Crippen molar-refractivity contribution < 1.29 is 14.3 Å². The molecule has 0 aliphatic rings. The van der Waals surface area contributed by atoms with Gasteiger partial charge < -0.3 is 9.47 Å². The molecule has 28 heavy (non-hydrogen) atoms. The molecule has 0 atom stereocenters. The Morgan fingerprint density at radius 2 is 1.46 bits per heavy atom. The minimum absolute atomic E-state index is 0.330. The number of ether oxygens (including phenoxy) is 2. The van der Waals surface area contributed by atoms with E-state index in [0.717, 1.165) is 38.1 Å². The Labute approximate surface area is 172 Å². The third-order valence-corrected chi connectivity index (χ3v) is 6.03. The van der Waals surface area contributed by atoms with E-state index in [-0.39, 0.29) is 5.97 Å². The Bertz CT molecular complexity index is 1150. The highest BCUT2D eigenvalue weighted by atomic mass is 35.5. The fourth-order valence-corrected chi connectivity index (χ4v) is 4.47. The van der Waals surface area contributed by atoms with E-state index in [1.807, 2.05) is 54.6 Å². The lowest BCUT2D eigenvalue weighted by Crippen LogP contribution is -1.96. The molecule has 0 radical (unpaired) electrons. The van der Waals surface area contributed by atoms with E-state index < -0.39 is 0 Å². The van der Waals surface area contributed by atoms with Gasteiger partial charge in [-0.25, -0.2) is 4.79 Å². The number of carbonyl (C=O) groups excluding carboxylic acids is 1. The molecule has 4 aromatic rings. The molecule has 1 aromatic heterocycles. The Hall–Kier alpha value is -2.82. The van der Waals surface area contributed by atoms with Gasteiger partial charge in [0.2, 0.25) is 0 Å². The van der Waals surface area contributed by atoms with Crippen LogP contribution in [0.25, 0.3) is 32.3 Å². The van der Waals surface area contributed by atoms with Gasteiger partial charge in [0.1, 0.15) is 10.6 Å². The lowest BCUT2D eigenvalue weighted by atomic mass is 9.96. The molecule has 3 aromatic carbocycles. The topological polar surface area (TPSA) is 35.5 Å². The van der Waals surface area contributed by atoms with Gasteiger partial charge in [-0.1, -0.05) is 48.0 Å². The lowest BCUT2D eigenvalue weighted by molar-refractivity contribution is 0.0606. The fraction of sp³-hybridized carbons (Fsp3) is 0.0870. The van der Waals surface area contributed by atoms with Gasteiger partial charge in [0.25, 0.3) is 0 Å². The smallest absolute Gasteiger partial charge is 0.348 e. The highest BCUT2D eigenvalue weighted by Gasteiger charge is 2.17. The van der Waals surface area contributed by atoms with E-state index in [0.29, 0.717) is 9.90 Å². The molecule has 0 unspecified atom stereocenters. The second kappa shape index (κ2) is 7.66. The molecule has 5 heteroatoms. The van der Waals surface area contributed by atoms with Crippen molar-refractivity contribution in [1.82, 2.24) is 0 Å². The third kappa shape index (κ3) is 3.37. The van der Waals surface area contributed by atoms with Crippen LogP contribution in [-0.2, 0) is 4.74 Å². The van der Waals surface area contributed by atoms with Gasteiger partial charge in [0, 0.05) is 15.1 Å². The Balaban J connectivity index is 1.94. The van der Waals surface area contributed by atoms with Crippen LogP contribution < -0.4 is 4.74 Å². The van der Waals surface area contributed by atoms with E-state index in [1.54, 1.807) is 7.11 Å². The first-order valence-electron chi connectivity index (χ1n) is 8.66. The minimum Gasteiger partial charge on any atom is -0.497 e. The van der Waals surface area contributed by atoms with E-state index in [2.05, 4.69) is 12.1 Å². The average Bonchev–Trinajstić information content (AvgIpc) is 3.19. The molecule has 1 heterocycles. The fourth-order valence-electron chi connectivity index (χ4n) is 3.20. The van der Waals surface area contributed by atoms with E-state index >= 15 is 0 Å². The molecule has 0 saturated carbocycles. The highest BCUT2D eigenvalue weighted by Crippen LogP contribution is 2.41. The van der Waals surface area contributed by atoms with E-state index in [4.69, 9.17) is 21.1 Å². The van der Waals surface area contributed by atoms with E-state index in [9.17, 15) is 4.79 Å². The monoisotopic (exact) mass is 408 g/mol. The second-order valence-corrected chi connectivity index (χ2v) is 7.73. The molecule has 0 bridgehead atoms. The van der Waals surface area contributed by atoms with Crippen molar-refractivity contribution in [1.29, 1.82) is 0 Å². The second-order valence-electron chi connectivity index (χ2n) is 6.24. The maximum absolute atomic E-state index is 12.2. The SMILES string of the molecule is COC(=O)c1cc2c(-c3ccc(OC)cc3)ccc(-c3ccc(Cl)cc3)c2s1. The van der Waals surface area contributed by atoms with Crippen LogP contribution >= 0.6 is 22.9 Å². The van der Waals surface area contributed by atoms with Crippen LogP contribution in [0.1, 0.15) is 9.67 Å². The molecule has 3 nitrogen and oxygen atoms in total. The van der Waals surface area contributed by atoms with Gasteiger partial charge >= 0.3 is 5.97 Å². The van der Waals surface area contributed by atoms with Crippen molar-refractivity contribution >= 4 is 39.0 Å². The molecule has 0 amide bonds. The summed E-state index contributed by atoms with van der Waals surface area (Å²) in [6.07, 6.45) is 0. The van der Waals surface area contributed by atoms with Gasteiger partial charge in [-0.3, -0.25) is 0 Å². The van der Waals surface area contributed by atoms with Gasteiger partial charge in [0.05, 0.1) is 14.2 Å². The number of fused-ring (bicyclic) bond motifs is 1. The first kappa shape index (κ1) is 18.5. The van der Waals surface area contributed by atoms with Crippen molar-refractivity contribution in [3.05, 3.63) is 76.6 Å². The number of halogens is 1. The van der Waals surface area contributed by atoms with Crippen LogP contribution in [0, 0.1) is 0 Å². The average molecular weight is 409 g/mol. The summed E-state index contributed by atoms with van der Waals surface area (Å²) in [5.41, 5.74) is 4.22. The number of thiophene rings is 1. The molecule has 4 rings (SSSR count). The summed E-state index contributed by atoms with van der Waals surface area (Å²) in [5.74, 6) is 0.474. The van der Waals surface area contributed by atoms with Crippen LogP contribution in [0.4, 0.5) is 0 Å². The maximum Gasteiger partial charge on any atom is 0.348 e. The Kier molecular flexibility index (Phi) is 5.07. The molecular formula is C23H17ClO3S. The number of rotatable bonds is 4. The van der Waals surface area contributed by atoms with E-state index in [1.165, 1.54) is 18.4 Å².